The molecule has 0 spiro atoms. The van der Waals surface area contributed by atoms with Crippen molar-refractivity contribution in [2.45, 2.75) is 0 Å². The number of benzene rings is 9. The average molecular weight is 631 g/mol. The molecule has 0 fully saturated rings. The topological polar surface area (TPSA) is 0 Å². The zero-order chi connectivity index (χ0) is 32.8. The molecule has 0 N–H and O–H groups in total. The molecule has 11 aromatic carbocycles. The van der Waals surface area contributed by atoms with Gasteiger partial charge in [0, 0.05) is 0 Å². The average Bonchev–Trinajstić information content (AvgIpc) is 3.71. The summed E-state index contributed by atoms with van der Waals surface area (Å²) < 4.78 is 0. The Labute approximate surface area is 290 Å². The van der Waals surface area contributed by atoms with Gasteiger partial charge in [0.2, 0.25) is 0 Å². The maximum absolute atomic E-state index is 2.41. The van der Waals surface area contributed by atoms with E-state index in [1.54, 1.807) is 0 Å². The first-order chi connectivity index (χ1) is 24.8. The Bertz CT molecular complexity index is 2990. The van der Waals surface area contributed by atoms with Crippen LogP contribution in [0.1, 0.15) is 0 Å². The minimum atomic E-state index is 1.22. The lowest BCUT2D eigenvalue weighted by atomic mass is 9.90. The Morgan fingerprint density at radius 2 is 0.660 bits per heavy atom. The van der Waals surface area contributed by atoms with E-state index >= 15 is 0 Å². The quantitative estimate of drug-likeness (QED) is 0.181. The molecule has 50 heavy (non-hydrogen) atoms. The van der Waals surface area contributed by atoms with E-state index in [2.05, 4.69) is 182 Å². The molecule has 0 aliphatic heterocycles. The summed E-state index contributed by atoms with van der Waals surface area (Å²) in [5.74, 6) is 0. The third-order valence-electron chi connectivity index (χ3n) is 10.9. The van der Waals surface area contributed by atoms with Crippen molar-refractivity contribution < 1.29 is 0 Å². The fourth-order valence-electron chi connectivity index (χ4n) is 8.87. The largest absolute Gasteiger partial charge is 0.0622 e. The first-order valence-electron chi connectivity index (χ1n) is 17.4. The van der Waals surface area contributed by atoms with Crippen LogP contribution in [0.3, 0.4) is 0 Å². The molecule has 0 unspecified atom stereocenters. The van der Waals surface area contributed by atoms with Crippen molar-refractivity contribution in [3.8, 4) is 44.5 Å². The highest BCUT2D eigenvalue weighted by atomic mass is 14.3. The molecule has 0 aliphatic rings. The van der Waals surface area contributed by atoms with Crippen LogP contribution in [0, 0.1) is 0 Å². The molecule has 0 aliphatic carbocycles. The fraction of sp³-hybridized carbons (Fsp3) is 0. The first-order valence-corrected chi connectivity index (χ1v) is 17.4. The SMILES string of the molecule is c1ccc(-c2cc(-c3ccccc3)cc(-c3ccc4c5c3cccc5c3c(-c5ccccc5)c5cccc6c7ccccc7c(c56)c43)c2)cc1. The maximum atomic E-state index is 2.41. The fourth-order valence-corrected chi connectivity index (χ4v) is 8.87. The molecule has 0 amide bonds. The van der Waals surface area contributed by atoms with E-state index in [0.29, 0.717) is 0 Å². The maximum Gasteiger partial charge on any atom is -0.000696 e. The highest BCUT2D eigenvalue weighted by molar-refractivity contribution is 6.48. The minimum absolute atomic E-state index is 1.22. The zero-order valence-corrected chi connectivity index (χ0v) is 27.3. The summed E-state index contributed by atoms with van der Waals surface area (Å²) in [4.78, 5) is 0. The van der Waals surface area contributed by atoms with Crippen LogP contribution in [-0.4, -0.2) is 0 Å². The second-order valence-corrected chi connectivity index (χ2v) is 13.6. The Hall–Kier alpha value is -6.50. The normalized spacial score (nSPS) is 12.0. The first kappa shape index (κ1) is 27.5. The van der Waals surface area contributed by atoms with Gasteiger partial charge in [-0.25, -0.2) is 0 Å². The molecule has 0 bridgehead atoms. The smallest absolute Gasteiger partial charge is 0.000696 e. The van der Waals surface area contributed by atoms with E-state index in [9.17, 15) is 0 Å². The van der Waals surface area contributed by atoms with Crippen molar-refractivity contribution in [3.05, 3.63) is 182 Å². The van der Waals surface area contributed by atoms with Gasteiger partial charge in [0.25, 0.3) is 0 Å². The summed E-state index contributed by atoms with van der Waals surface area (Å²) in [6.45, 7) is 0. The second-order valence-electron chi connectivity index (χ2n) is 13.6. The van der Waals surface area contributed by atoms with Crippen LogP contribution >= 0.6 is 0 Å². The van der Waals surface area contributed by atoms with E-state index < -0.39 is 0 Å². The van der Waals surface area contributed by atoms with Gasteiger partial charge in [-0.2, -0.15) is 0 Å². The van der Waals surface area contributed by atoms with Crippen LogP contribution in [0.25, 0.3) is 109 Å². The Morgan fingerprint density at radius 3 is 1.34 bits per heavy atom. The van der Waals surface area contributed by atoms with Crippen LogP contribution in [-0.2, 0) is 0 Å². The lowest BCUT2D eigenvalue weighted by Crippen LogP contribution is -1.87. The van der Waals surface area contributed by atoms with E-state index in [4.69, 9.17) is 0 Å². The number of hydrogen-bond donors (Lipinski definition) is 0. The summed E-state index contributed by atoms with van der Waals surface area (Å²) in [6, 6.07) is 67.3. The van der Waals surface area contributed by atoms with Gasteiger partial charge in [0.1, 0.15) is 0 Å². The number of fused-ring (bicyclic) bond motifs is 7. The summed E-state index contributed by atoms with van der Waals surface area (Å²) in [5, 5.41) is 16.1. The Balaban J connectivity index is 1.30. The van der Waals surface area contributed by atoms with Gasteiger partial charge in [-0.1, -0.05) is 164 Å². The molecule has 0 saturated heterocycles. The van der Waals surface area contributed by atoms with Crippen molar-refractivity contribution in [2.24, 2.45) is 0 Å². The molecule has 11 aromatic rings. The standard InChI is InChI=1S/C50H30/c1-4-14-31(15-5-1)34-28-35(32-16-6-2-7-17-32)30-36(29-34)37-26-27-44-46-39(37)22-12-25-43(46)49-45(33-18-8-3-9-19-33)42-24-13-23-40-38-20-10-11-21-41(38)48(47(40)42)50(44)49/h1-30H. The number of rotatable bonds is 4. The molecular formula is C50H30. The second kappa shape index (κ2) is 10.5. The van der Waals surface area contributed by atoms with Gasteiger partial charge >= 0.3 is 0 Å². The highest BCUT2D eigenvalue weighted by Gasteiger charge is 2.25. The third kappa shape index (κ3) is 3.82. The van der Waals surface area contributed by atoms with Crippen LogP contribution in [0.15, 0.2) is 182 Å². The molecule has 0 heterocycles. The van der Waals surface area contributed by atoms with E-state index in [0.717, 1.165) is 0 Å². The van der Waals surface area contributed by atoms with Crippen molar-refractivity contribution in [1.82, 2.24) is 0 Å². The molecule has 0 radical (unpaired) electrons. The van der Waals surface area contributed by atoms with Crippen molar-refractivity contribution in [3.63, 3.8) is 0 Å². The molecular weight excluding hydrogens is 601 g/mol. The van der Waals surface area contributed by atoms with Gasteiger partial charge in [-0.15, -0.1) is 0 Å². The van der Waals surface area contributed by atoms with Crippen LogP contribution in [0.4, 0.5) is 0 Å². The Kier molecular flexibility index (Phi) is 5.76. The summed E-state index contributed by atoms with van der Waals surface area (Å²) >= 11 is 0. The molecule has 0 saturated carbocycles. The molecule has 0 aromatic heterocycles. The predicted molar refractivity (Wildman–Crippen MR) is 216 cm³/mol. The summed E-state index contributed by atoms with van der Waals surface area (Å²) in [6.07, 6.45) is 0. The monoisotopic (exact) mass is 630 g/mol. The molecule has 0 atom stereocenters. The van der Waals surface area contributed by atoms with Crippen molar-refractivity contribution in [1.29, 1.82) is 0 Å². The lowest BCUT2D eigenvalue weighted by molar-refractivity contribution is 1.58. The van der Waals surface area contributed by atoms with Gasteiger partial charge in [-0.3, -0.25) is 0 Å². The van der Waals surface area contributed by atoms with Gasteiger partial charge < -0.3 is 0 Å². The molecule has 0 nitrogen and oxygen atoms in total. The van der Waals surface area contributed by atoms with Crippen LogP contribution in [0.2, 0.25) is 0 Å². The summed E-state index contributed by atoms with van der Waals surface area (Å²) in [7, 11) is 0. The van der Waals surface area contributed by atoms with E-state index in [1.807, 2.05) is 0 Å². The molecule has 230 valence electrons. The van der Waals surface area contributed by atoms with Gasteiger partial charge in [0.15, 0.2) is 0 Å². The van der Waals surface area contributed by atoms with E-state index in [-0.39, 0.29) is 0 Å². The van der Waals surface area contributed by atoms with Crippen molar-refractivity contribution >= 4 is 64.6 Å². The Morgan fingerprint density at radius 1 is 0.200 bits per heavy atom. The van der Waals surface area contributed by atoms with Gasteiger partial charge in [0.05, 0.1) is 0 Å². The highest BCUT2D eigenvalue weighted by Crippen LogP contribution is 2.53. The zero-order valence-electron chi connectivity index (χ0n) is 27.3. The van der Waals surface area contributed by atoms with Gasteiger partial charge in [-0.05, 0) is 127 Å². The van der Waals surface area contributed by atoms with E-state index in [1.165, 1.54) is 109 Å². The molecule has 0 heteroatoms. The number of hydrogen-bond acceptors (Lipinski definition) is 0. The van der Waals surface area contributed by atoms with Crippen LogP contribution < -0.4 is 0 Å². The molecule has 11 rings (SSSR count). The minimum Gasteiger partial charge on any atom is -0.0622 e. The lowest BCUT2D eigenvalue weighted by Gasteiger charge is -2.13. The predicted octanol–water partition coefficient (Wildman–Crippen LogP) is 14.1. The van der Waals surface area contributed by atoms with Crippen LogP contribution in [0.5, 0.6) is 0 Å². The third-order valence-corrected chi connectivity index (χ3v) is 10.9. The summed E-state index contributed by atoms with van der Waals surface area (Å²) in [5.41, 5.74) is 9.98. The van der Waals surface area contributed by atoms with Crippen molar-refractivity contribution in [2.75, 3.05) is 0 Å².